The van der Waals surface area contributed by atoms with Gasteiger partial charge >= 0.3 is 0 Å². The molecular formula is C21H18N2O3. The summed E-state index contributed by atoms with van der Waals surface area (Å²) in [5, 5.41) is 3.08. The van der Waals surface area contributed by atoms with Crippen LogP contribution in [0.5, 0.6) is 11.5 Å². The number of nitrogens with one attached hydrogen (secondary N) is 1. The Labute approximate surface area is 151 Å². The van der Waals surface area contributed by atoms with E-state index < -0.39 is 0 Å². The molecule has 2 aromatic carbocycles. The molecule has 1 N–H and O–H groups in total. The van der Waals surface area contributed by atoms with Crippen molar-refractivity contribution in [3.05, 3.63) is 89.7 Å². The summed E-state index contributed by atoms with van der Waals surface area (Å²) >= 11 is 0. The third-order valence-electron chi connectivity index (χ3n) is 4.20. The molecule has 0 fully saturated rings. The maximum Gasteiger partial charge on any atom is 0.255 e. The number of ether oxygens (including phenoxy) is 2. The lowest BCUT2D eigenvalue weighted by atomic mass is 10.0. The second-order valence-electron chi connectivity index (χ2n) is 5.90. The van der Waals surface area contributed by atoms with Crippen molar-refractivity contribution in [3.8, 4) is 11.5 Å². The summed E-state index contributed by atoms with van der Waals surface area (Å²) in [7, 11) is 0. The third kappa shape index (κ3) is 3.24. The highest BCUT2D eigenvalue weighted by molar-refractivity contribution is 5.98. The van der Waals surface area contributed by atoms with Crippen LogP contribution in [0, 0.1) is 0 Å². The van der Waals surface area contributed by atoms with Crippen LogP contribution in [0.4, 0.5) is 0 Å². The lowest BCUT2D eigenvalue weighted by molar-refractivity contribution is 0.0931. The minimum atomic E-state index is -0.356. The molecule has 4 rings (SSSR count). The standard InChI is InChI=1S/C21H18N2O3/c24-21(16-9-6-11-18-20(16)26-14-13-25-18)23-19(15-7-2-1-3-8-15)17-10-4-5-12-22-17/h1-12,19H,13-14H2,(H,23,24)/t19-/m0/s1. The Hall–Kier alpha value is -3.34. The molecule has 1 aromatic heterocycles. The summed E-state index contributed by atoms with van der Waals surface area (Å²) in [6.45, 7) is 0.915. The van der Waals surface area contributed by atoms with Crippen molar-refractivity contribution in [1.82, 2.24) is 10.3 Å². The van der Waals surface area contributed by atoms with Crippen LogP contribution in [0.2, 0.25) is 0 Å². The van der Waals surface area contributed by atoms with Gasteiger partial charge in [0, 0.05) is 6.20 Å². The van der Waals surface area contributed by atoms with Crippen molar-refractivity contribution in [2.45, 2.75) is 6.04 Å². The number of para-hydroxylation sites is 1. The number of aromatic nitrogens is 1. The molecule has 0 bridgehead atoms. The molecule has 1 aliphatic rings. The lowest BCUT2D eigenvalue weighted by Gasteiger charge is -2.23. The number of rotatable bonds is 4. The van der Waals surface area contributed by atoms with Crippen molar-refractivity contribution in [3.63, 3.8) is 0 Å². The number of hydrogen-bond acceptors (Lipinski definition) is 4. The van der Waals surface area contributed by atoms with Gasteiger partial charge in [-0.1, -0.05) is 42.5 Å². The van der Waals surface area contributed by atoms with E-state index in [9.17, 15) is 4.79 Å². The second-order valence-corrected chi connectivity index (χ2v) is 5.90. The van der Waals surface area contributed by atoms with E-state index in [4.69, 9.17) is 9.47 Å². The minimum Gasteiger partial charge on any atom is -0.486 e. The maximum absolute atomic E-state index is 13.0. The first-order valence-corrected chi connectivity index (χ1v) is 8.48. The lowest BCUT2D eigenvalue weighted by Crippen LogP contribution is -2.31. The smallest absolute Gasteiger partial charge is 0.255 e. The fourth-order valence-electron chi connectivity index (χ4n) is 2.98. The van der Waals surface area contributed by atoms with E-state index in [0.29, 0.717) is 30.3 Å². The number of hydrogen-bond donors (Lipinski definition) is 1. The van der Waals surface area contributed by atoms with E-state index >= 15 is 0 Å². The van der Waals surface area contributed by atoms with E-state index in [1.165, 1.54) is 0 Å². The molecule has 3 aromatic rings. The van der Waals surface area contributed by atoms with E-state index in [2.05, 4.69) is 10.3 Å². The summed E-state index contributed by atoms with van der Waals surface area (Å²) in [5.74, 6) is 0.855. The number of nitrogens with zero attached hydrogens (tertiary/aromatic N) is 1. The van der Waals surface area contributed by atoms with E-state index in [0.717, 1.165) is 11.3 Å². The second kappa shape index (κ2) is 7.27. The SMILES string of the molecule is O=C(N[C@@H](c1ccccc1)c1ccccn1)c1cccc2c1OCCO2. The van der Waals surface area contributed by atoms with Crippen LogP contribution in [0.1, 0.15) is 27.7 Å². The first kappa shape index (κ1) is 16.1. The quantitative estimate of drug-likeness (QED) is 0.787. The van der Waals surface area contributed by atoms with Gasteiger partial charge in [-0.15, -0.1) is 0 Å². The Morgan fingerprint density at radius 2 is 1.73 bits per heavy atom. The van der Waals surface area contributed by atoms with E-state index in [-0.39, 0.29) is 11.9 Å². The molecule has 1 atom stereocenters. The van der Waals surface area contributed by atoms with Gasteiger partial charge in [-0.3, -0.25) is 9.78 Å². The number of fused-ring (bicyclic) bond motifs is 1. The van der Waals surface area contributed by atoms with Gasteiger partial charge in [-0.05, 0) is 29.8 Å². The highest BCUT2D eigenvalue weighted by Crippen LogP contribution is 2.34. The van der Waals surface area contributed by atoms with Crippen LogP contribution in [0.3, 0.4) is 0 Å². The molecule has 1 amide bonds. The summed E-state index contributed by atoms with van der Waals surface area (Å²) in [5.41, 5.74) is 2.19. The molecule has 26 heavy (non-hydrogen) atoms. The molecular weight excluding hydrogens is 328 g/mol. The molecule has 0 aliphatic carbocycles. The maximum atomic E-state index is 13.0. The Balaban J connectivity index is 1.67. The fourth-order valence-corrected chi connectivity index (χ4v) is 2.98. The zero-order valence-electron chi connectivity index (χ0n) is 14.1. The van der Waals surface area contributed by atoms with Gasteiger partial charge in [0.1, 0.15) is 13.2 Å². The van der Waals surface area contributed by atoms with Crippen LogP contribution in [-0.2, 0) is 0 Å². The van der Waals surface area contributed by atoms with Crippen LogP contribution >= 0.6 is 0 Å². The van der Waals surface area contributed by atoms with Crippen molar-refractivity contribution in [2.24, 2.45) is 0 Å². The molecule has 2 heterocycles. The molecule has 5 nitrogen and oxygen atoms in total. The van der Waals surface area contributed by atoms with Gasteiger partial charge < -0.3 is 14.8 Å². The van der Waals surface area contributed by atoms with Gasteiger partial charge in [-0.25, -0.2) is 0 Å². The average molecular weight is 346 g/mol. The largest absolute Gasteiger partial charge is 0.486 e. The Morgan fingerprint density at radius 3 is 2.54 bits per heavy atom. The number of benzene rings is 2. The highest BCUT2D eigenvalue weighted by atomic mass is 16.6. The van der Waals surface area contributed by atoms with Crippen LogP contribution in [0.15, 0.2) is 72.9 Å². The number of pyridine rings is 1. The monoisotopic (exact) mass is 346 g/mol. The molecule has 130 valence electrons. The summed E-state index contributed by atoms with van der Waals surface area (Å²) in [4.78, 5) is 17.4. The third-order valence-corrected chi connectivity index (χ3v) is 4.20. The van der Waals surface area contributed by atoms with Gasteiger partial charge in [-0.2, -0.15) is 0 Å². The Morgan fingerprint density at radius 1 is 0.923 bits per heavy atom. The first-order valence-electron chi connectivity index (χ1n) is 8.48. The summed E-state index contributed by atoms with van der Waals surface area (Å²) in [6, 6.07) is 20.4. The van der Waals surface area contributed by atoms with Crippen LogP contribution in [0.25, 0.3) is 0 Å². The van der Waals surface area contributed by atoms with Crippen molar-refractivity contribution in [2.75, 3.05) is 13.2 Å². The van der Waals surface area contributed by atoms with Crippen molar-refractivity contribution >= 4 is 5.91 Å². The molecule has 1 aliphatic heterocycles. The van der Waals surface area contributed by atoms with Gasteiger partial charge in [0.05, 0.1) is 17.3 Å². The minimum absolute atomic E-state index is 0.230. The topological polar surface area (TPSA) is 60.5 Å². The molecule has 0 unspecified atom stereocenters. The van der Waals surface area contributed by atoms with Gasteiger partial charge in [0.15, 0.2) is 11.5 Å². The number of carbonyl (C=O) groups is 1. The predicted octanol–water partition coefficient (Wildman–Crippen LogP) is 3.37. The molecule has 5 heteroatoms. The summed E-state index contributed by atoms with van der Waals surface area (Å²) < 4.78 is 11.2. The van der Waals surface area contributed by atoms with Crippen LogP contribution in [-0.4, -0.2) is 24.1 Å². The highest BCUT2D eigenvalue weighted by Gasteiger charge is 2.24. The zero-order chi connectivity index (χ0) is 17.8. The molecule has 0 radical (unpaired) electrons. The Bertz CT molecular complexity index is 858. The van der Waals surface area contributed by atoms with Crippen molar-refractivity contribution < 1.29 is 14.3 Å². The van der Waals surface area contributed by atoms with Gasteiger partial charge in [0.25, 0.3) is 5.91 Å². The van der Waals surface area contributed by atoms with Gasteiger partial charge in [0.2, 0.25) is 0 Å². The molecule has 0 saturated carbocycles. The summed E-state index contributed by atoms with van der Waals surface area (Å²) in [6.07, 6.45) is 1.72. The normalized spacial score (nSPS) is 13.7. The van der Waals surface area contributed by atoms with E-state index in [1.54, 1.807) is 24.4 Å². The average Bonchev–Trinajstić information content (AvgIpc) is 2.72. The number of amides is 1. The van der Waals surface area contributed by atoms with E-state index in [1.807, 2.05) is 48.5 Å². The fraction of sp³-hybridized carbons (Fsp3) is 0.143. The van der Waals surface area contributed by atoms with Crippen molar-refractivity contribution in [1.29, 1.82) is 0 Å². The van der Waals surface area contributed by atoms with Crippen LogP contribution < -0.4 is 14.8 Å². The number of carbonyl (C=O) groups excluding carboxylic acids is 1. The predicted molar refractivity (Wildman–Crippen MR) is 97.4 cm³/mol. The first-order chi connectivity index (χ1) is 12.8. The molecule has 0 saturated heterocycles. The Kier molecular flexibility index (Phi) is 4.51. The molecule has 0 spiro atoms. The zero-order valence-corrected chi connectivity index (χ0v) is 14.1.